The van der Waals surface area contributed by atoms with Crippen molar-refractivity contribution >= 4 is 27.4 Å². The quantitative estimate of drug-likeness (QED) is 0.438. The Bertz CT molecular complexity index is 1200. The number of benzene rings is 2. The second kappa shape index (κ2) is 9.84. The van der Waals surface area contributed by atoms with Crippen LogP contribution in [0.2, 0.25) is 0 Å². The van der Waals surface area contributed by atoms with E-state index in [1.807, 2.05) is 37.3 Å². The Kier molecular flexibility index (Phi) is 7.04. The van der Waals surface area contributed by atoms with Crippen molar-refractivity contribution in [2.45, 2.75) is 39.7 Å². The topological polar surface area (TPSA) is 82.4 Å². The van der Waals surface area contributed by atoms with Crippen LogP contribution >= 0.6 is 15.9 Å². The number of anilines is 1. The largest absolute Gasteiger partial charge is 0.494 e. The van der Waals surface area contributed by atoms with Crippen molar-refractivity contribution < 1.29 is 14.3 Å². The van der Waals surface area contributed by atoms with E-state index >= 15 is 0 Å². The van der Waals surface area contributed by atoms with Crippen LogP contribution in [0.25, 0.3) is 11.4 Å². The van der Waals surface area contributed by atoms with Gasteiger partial charge in [-0.3, -0.25) is 4.79 Å². The summed E-state index contributed by atoms with van der Waals surface area (Å²) in [5.41, 5.74) is 4.25. The van der Waals surface area contributed by atoms with Gasteiger partial charge in [0.15, 0.2) is 5.78 Å². The van der Waals surface area contributed by atoms with Gasteiger partial charge in [0.05, 0.1) is 26.0 Å². The molecule has 1 fully saturated rings. The number of methoxy groups -OCH3 is 1. The molecule has 0 N–H and O–H groups in total. The highest BCUT2D eigenvalue weighted by molar-refractivity contribution is 9.10. The van der Waals surface area contributed by atoms with Crippen molar-refractivity contribution in [3.8, 4) is 17.1 Å². The summed E-state index contributed by atoms with van der Waals surface area (Å²) < 4.78 is 12.3. The Morgan fingerprint density at radius 1 is 1.18 bits per heavy atom. The Hall–Kier alpha value is -2.78. The third-order valence-corrected chi connectivity index (χ3v) is 6.51. The zero-order valence-electron chi connectivity index (χ0n) is 20.3. The number of aromatic nitrogens is 4. The lowest BCUT2D eigenvalue weighted by molar-refractivity contribution is 0.0961. The minimum absolute atomic E-state index is 0.00502. The van der Waals surface area contributed by atoms with Gasteiger partial charge in [-0.05, 0) is 47.4 Å². The summed E-state index contributed by atoms with van der Waals surface area (Å²) in [6.07, 6.45) is 0. The molecular formula is C25H30BrN5O3. The number of hydrogen-bond acceptors (Lipinski definition) is 7. The van der Waals surface area contributed by atoms with Gasteiger partial charge >= 0.3 is 0 Å². The van der Waals surface area contributed by atoms with E-state index in [2.05, 4.69) is 57.0 Å². The number of nitrogens with zero attached hydrogens (tertiary/aromatic N) is 5. The number of morpholine rings is 1. The van der Waals surface area contributed by atoms with Gasteiger partial charge < -0.3 is 14.4 Å². The predicted molar refractivity (Wildman–Crippen MR) is 135 cm³/mol. The molecule has 0 saturated carbocycles. The molecular weight excluding hydrogens is 498 g/mol. The lowest BCUT2D eigenvalue weighted by Crippen LogP contribution is -2.37. The van der Waals surface area contributed by atoms with E-state index in [4.69, 9.17) is 9.47 Å². The van der Waals surface area contributed by atoms with Gasteiger partial charge in [0.25, 0.3) is 0 Å². The van der Waals surface area contributed by atoms with Crippen molar-refractivity contribution in [3.63, 3.8) is 0 Å². The van der Waals surface area contributed by atoms with Gasteiger partial charge in [-0.2, -0.15) is 4.80 Å². The Labute approximate surface area is 208 Å². The molecule has 8 nitrogen and oxygen atoms in total. The number of aryl methyl sites for hydroxylation is 1. The summed E-state index contributed by atoms with van der Waals surface area (Å²) in [6, 6.07) is 9.77. The molecule has 0 unspecified atom stereocenters. The van der Waals surface area contributed by atoms with Crippen molar-refractivity contribution in [1.82, 2.24) is 20.2 Å². The zero-order chi connectivity index (χ0) is 24.5. The fraction of sp³-hybridized carbons (Fsp3) is 0.440. The summed E-state index contributed by atoms with van der Waals surface area (Å²) in [4.78, 5) is 16.9. The number of Topliss-reactive ketones (excluding diaryl/α,β-unsaturated/α-hetero) is 1. The summed E-state index contributed by atoms with van der Waals surface area (Å²) in [7, 11) is 1.68. The Balaban J connectivity index is 1.66. The van der Waals surface area contributed by atoms with E-state index in [1.54, 1.807) is 7.11 Å². The van der Waals surface area contributed by atoms with Crippen LogP contribution in [0.5, 0.6) is 5.75 Å². The third kappa shape index (κ3) is 5.15. The lowest BCUT2D eigenvalue weighted by Gasteiger charge is -2.33. The van der Waals surface area contributed by atoms with Gasteiger partial charge in [0, 0.05) is 34.3 Å². The normalized spacial score (nSPS) is 14.4. The SMILES string of the molecule is COc1c(N2CCOCC2)cc(C(=O)Cn2nnc(-c3ccc(C)cc3Br)n2)cc1C(C)(C)C. The van der Waals surface area contributed by atoms with Crippen molar-refractivity contribution in [1.29, 1.82) is 0 Å². The first-order chi connectivity index (χ1) is 16.2. The van der Waals surface area contributed by atoms with E-state index in [-0.39, 0.29) is 17.7 Å². The number of carbonyl (C=O) groups excluding carboxylic acids is 1. The maximum atomic E-state index is 13.4. The van der Waals surface area contributed by atoms with Gasteiger partial charge in [-0.25, -0.2) is 0 Å². The molecule has 0 radical (unpaired) electrons. The molecule has 0 amide bonds. The summed E-state index contributed by atoms with van der Waals surface area (Å²) >= 11 is 3.56. The lowest BCUT2D eigenvalue weighted by atomic mass is 9.84. The van der Waals surface area contributed by atoms with Crippen LogP contribution in [0.3, 0.4) is 0 Å². The monoisotopic (exact) mass is 527 g/mol. The van der Waals surface area contributed by atoms with Crippen molar-refractivity contribution in [3.05, 3.63) is 51.5 Å². The van der Waals surface area contributed by atoms with Crippen molar-refractivity contribution in [2.75, 3.05) is 38.3 Å². The molecule has 1 saturated heterocycles. The second-order valence-electron chi connectivity index (χ2n) is 9.48. The molecule has 0 bridgehead atoms. The zero-order valence-corrected chi connectivity index (χ0v) is 21.8. The fourth-order valence-electron chi connectivity index (χ4n) is 4.02. The molecule has 2 aromatic carbocycles. The number of rotatable bonds is 6. The molecule has 1 aliphatic heterocycles. The van der Waals surface area contributed by atoms with Gasteiger partial charge in [0.1, 0.15) is 12.3 Å². The van der Waals surface area contributed by atoms with Crippen LogP contribution in [0.15, 0.2) is 34.8 Å². The maximum absolute atomic E-state index is 13.4. The number of hydrogen-bond donors (Lipinski definition) is 0. The van der Waals surface area contributed by atoms with Crippen molar-refractivity contribution in [2.24, 2.45) is 0 Å². The maximum Gasteiger partial charge on any atom is 0.206 e. The molecule has 34 heavy (non-hydrogen) atoms. The Morgan fingerprint density at radius 2 is 1.91 bits per heavy atom. The standard InChI is InChI=1S/C25H30BrN5O3/c1-16-6-7-18(20(26)12-16)24-27-29-31(28-24)15-22(32)17-13-19(25(2,3)4)23(33-5)21(14-17)30-8-10-34-11-9-30/h6-7,12-14H,8-11,15H2,1-5H3. The van der Waals surface area contributed by atoms with Crippen LogP contribution in [0.1, 0.15) is 42.3 Å². The molecule has 0 aliphatic carbocycles. The van der Waals surface area contributed by atoms with Crippen LogP contribution in [0, 0.1) is 6.92 Å². The minimum Gasteiger partial charge on any atom is -0.494 e. The highest BCUT2D eigenvalue weighted by atomic mass is 79.9. The predicted octanol–water partition coefficient (Wildman–Crippen LogP) is 4.44. The number of ether oxygens (including phenoxy) is 2. The molecule has 3 aromatic rings. The van der Waals surface area contributed by atoms with Crippen LogP contribution in [-0.2, 0) is 16.7 Å². The first-order valence-electron chi connectivity index (χ1n) is 11.3. The number of tetrazole rings is 1. The molecule has 0 atom stereocenters. The van der Waals surface area contributed by atoms with Gasteiger partial charge in [-0.15, -0.1) is 10.2 Å². The van der Waals surface area contributed by atoms with E-state index < -0.39 is 0 Å². The van der Waals surface area contributed by atoms with E-state index in [0.29, 0.717) is 24.6 Å². The van der Waals surface area contributed by atoms with E-state index in [1.165, 1.54) is 4.80 Å². The van der Waals surface area contributed by atoms with Gasteiger partial charge in [-0.1, -0.05) is 42.8 Å². The number of carbonyl (C=O) groups is 1. The third-order valence-electron chi connectivity index (χ3n) is 5.86. The average Bonchev–Trinajstić information content (AvgIpc) is 3.26. The smallest absolute Gasteiger partial charge is 0.206 e. The molecule has 4 rings (SSSR count). The molecule has 2 heterocycles. The summed E-state index contributed by atoms with van der Waals surface area (Å²) in [6.45, 7) is 11.2. The highest BCUT2D eigenvalue weighted by Gasteiger charge is 2.27. The molecule has 1 aliphatic rings. The fourth-order valence-corrected chi connectivity index (χ4v) is 4.70. The number of halogens is 1. The van der Waals surface area contributed by atoms with Crippen LogP contribution in [-0.4, -0.2) is 59.4 Å². The summed E-state index contributed by atoms with van der Waals surface area (Å²) in [5, 5.41) is 12.7. The van der Waals surface area contributed by atoms with E-state index in [9.17, 15) is 4.79 Å². The van der Waals surface area contributed by atoms with E-state index in [0.717, 1.165) is 45.7 Å². The molecule has 180 valence electrons. The van der Waals surface area contributed by atoms with Crippen LogP contribution in [0.4, 0.5) is 5.69 Å². The summed E-state index contributed by atoms with van der Waals surface area (Å²) in [5.74, 6) is 1.18. The molecule has 1 aromatic heterocycles. The van der Waals surface area contributed by atoms with Crippen LogP contribution < -0.4 is 9.64 Å². The first kappa shape index (κ1) is 24.3. The average molecular weight is 528 g/mol. The first-order valence-corrected chi connectivity index (χ1v) is 12.1. The Morgan fingerprint density at radius 3 is 2.56 bits per heavy atom. The van der Waals surface area contributed by atoms with Gasteiger partial charge in [0.2, 0.25) is 5.82 Å². The second-order valence-corrected chi connectivity index (χ2v) is 10.3. The highest BCUT2D eigenvalue weighted by Crippen LogP contribution is 2.40. The minimum atomic E-state index is -0.209. The number of ketones is 1. The molecule has 0 spiro atoms. The molecule has 9 heteroatoms.